The van der Waals surface area contributed by atoms with Crippen molar-refractivity contribution in [3.63, 3.8) is 0 Å². The molecule has 0 bridgehead atoms. The maximum atomic E-state index is 12.2. The molecular weight excluding hydrogens is 256 g/mol. The fourth-order valence-electron chi connectivity index (χ4n) is 2.03. The number of nitrogens with one attached hydrogen (secondary N) is 1. The van der Waals surface area contributed by atoms with Crippen molar-refractivity contribution < 1.29 is 9.72 Å². The van der Waals surface area contributed by atoms with Crippen LogP contribution in [0.1, 0.15) is 21.5 Å². The Morgan fingerprint density at radius 3 is 2.10 bits per heavy atom. The van der Waals surface area contributed by atoms with Crippen molar-refractivity contribution in [3.8, 4) is 0 Å². The number of aryl methyl sites for hydroxylation is 2. The maximum Gasteiger partial charge on any atom is 0.269 e. The molecule has 20 heavy (non-hydrogen) atoms. The SMILES string of the molecule is Cc1cccc(C)c1C(=O)Nc1ccc([N+](=O)[O-])cc1. The van der Waals surface area contributed by atoms with Gasteiger partial charge in [0.15, 0.2) is 0 Å². The van der Waals surface area contributed by atoms with E-state index in [1.165, 1.54) is 24.3 Å². The van der Waals surface area contributed by atoms with Crippen LogP contribution >= 0.6 is 0 Å². The van der Waals surface area contributed by atoms with Gasteiger partial charge in [0.1, 0.15) is 0 Å². The van der Waals surface area contributed by atoms with Gasteiger partial charge in [-0.05, 0) is 37.1 Å². The van der Waals surface area contributed by atoms with Crippen LogP contribution in [0.15, 0.2) is 42.5 Å². The van der Waals surface area contributed by atoms with E-state index in [-0.39, 0.29) is 11.6 Å². The summed E-state index contributed by atoms with van der Waals surface area (Å²) in [6, 6.07) is 11.4. The minimum Gasteiger partial charge on any atom is -0.322 e. The first kappa shape index (κ1) is 13.7. The van der Waals surface area contributed by atoms with E-state index >= 15 is 0 Å². The molecule has 102 valence electrons. The van der Waals surface area contributed by atoms with Crippen LogP contribution in [-0.4, -0.2) is 10.8 Å². The molecule has 0 atom stereocenters. The van der Waals surface area contributed by atoms with Gasteiger partial charge in [0.05, 0.1) is 4.92 Å². The molecule has 0 aliphatic heterocycles. The van der Waals surface area contributed by atoms with Gasteiger partial charge < -0.3 is 5.32 Å². The highest BCUT2D eigenvalue weighted by Gasteiger charge is 2.12. The lowest BCUT2D eigenvalue weighted by atomic mass is 10.0. The number of amides is 1. The summed E-state index contributed by atoms with van der Waals surface area (Å²) in [7, 11) is 0. The normalized spacial score (nSPS) is 10.1. The number of nitro groups is 1. The summed E-state index contributed by atoms with van der Waals surface area (Å²) < 4.78 is 0. The number of non-ortho nitro benzene ring substituents is 1. The molecule has 0 saturated heterocycles. The van der Waals surface area contributed by atoms with Crippen LogP contribution in [0.5, 0.6) is 0 Å². The lowest BCUT2D eigenvalue weighted by Crippen LogP contribution is -2.14. The molecule has 2 aromatic rings. The van der Waals surface area contributed by atoms with E-state index < -0.39 is 4.92 Å². The van der Waals surface area contributed by atoms with Crippen molar-refractivity contribution in [1.82, 2.24) is 0 Å². The molecule has 5 heteroatoms. The number of nitro benzene ring substituents is 1. The topological polar surface area (TPSA) is 72.2 Å². The largest absolute Gasteiger partial charge is 0.322 e. The number of hydrogen-bond donors (Lipinski definition) is 1. The van der Waals surface area contributed by atoms with E-state index in [1.54, 1.807) is 0 Å². The molecule has 0 fully saturated rings. The smallest absolute Gasteiger partial charge is 0.269 e. The third kappa shape index (κ3) is 2.83. The third-order valence-electron chi connectivity index (χ3n) is 3.04. The fourth-order valence-corrected chi connectivity index (χ4v) is 2.03. The highest BCUT2D eigenvalue weighted by Crippen LogP contribution is 2.18. The number of carbonyl (C=O) groups excluding carboxylic acids is 1. The minimum absolute atomic E-state index is 0.00456. The lowest BCUT2D eigenvalue weighted by Gasteiger charge is -2.10. The van der Waals surface area contributed by atoms with E-state index in [2.05, 4.69) is 5.32 Å². The molecule has 0 aliphatic rings. The second-order valence-electron chi connectivity index (χ2n) is 4.52. The molecule has 2 aromatic carbocycles. The van der Waals surface area contributed by atoms with E-state index in [9.17, 15) is 14.9 Å². The minimum atomic E-state index is -0.475. The molecule has 1 N–H and O–H groups in total. The number of rotatable bonds is 3. The predicted molar refractivity (Wildman–Crippen MR) is 77.0 cm³/mol. The van der Waals surface area contributed by atoms with Gasteiger partial charge in [0, 0.05) is 23.4 Å². The Morgan fingerprint density at radius 1 is 1.05 bits per heavy atom. The number of nitrogens with zero attached hydrogens (tertiary/aromatic N) is 1. The number of anilines is 1. The van der Waals surface area contributed by atoms with Crippen LogP contribution in [-0.2, 0) is 0 Å². The van der Waals surface area contributed by atoms with Crippen molar-refractivity contribution in [2.45, 2.75) is 13.8 Å². The van der Waals surface area contributed by atoms with Gasteiger partial charge in [-0.1, -0.05) is 18.2 Å². The van der Waals surface area contributed by atoms with Gasteiger partial charge in [0.25, 0.3) is 11.6 Å². The van der Waals surface area contributed by atoms with Gasteiger partial charge in [0.2, 0.25) is 0 Å². The van der Waals surface area contributed by atoms with Crippen molar-refractivity contribution in [3.05, 3.63) is 69.3 Å². The second kappa shape index (κ2) is 5.52. The molecule has 5 nitrogen and oxygen atoms in total. The van der Waals surface area contributed by atoms with Gasteiger partial charge in [-0.3, -0.25) is 14.9 Å². The van der Waals surface area contributed by atoms with E-state index in [4.69, 9.17) is 0 Å². The van der Waals surface area contributed by atoms with Crippen molar-refractivity contribution in [2.24, 2.45) is 0 Å². The molecule has 1 amide bonds. The summed E-state index contributed by atoms with van der Waals surface area (Å²) in [5, 5.41) is 13.3. The molecular formula is C15H14N2O3. The molecule has 0 heterocycles. The molecule has 0 saturated carbocycles. The summed E-state index contributed by atoms with van der Waals surface area (Å²) in [6.07, 6.45) is 0. The van der Waals surface area contributed by atoms with Crippen LogP contribution in [0.25, 0.3) is 0 Å². The first-order valence-electron chi connectivity index (χ1n) is 6.11. The first-order chi connectivity index (χ1) is 9.49. The van der Waals surface area contributed by atoms with Gasteiger partial charge in [-0.2, -0.15) is 0 Å². The Balaban J connectivity index is 2.21. The zero-order chi connectivity index (χ0) is 14.7. The Labute approximate surface area is 116 Å². The quantitative estimate of drug-likeness (QED) is 0.685. The van der Waals surface area contributed by atoms with Gasteiger partial charge >= 0.3 is 0 Å². The number of hydrogen-bond acceptors (Lipinski definition) is 3. The number of carbonyl (C=O) groups is 1. The fraction of sp³-hybridized carbons (Fsp3) is 0.133. The third-order valence-corrected chi connectivity index (χ3v) is 3.04. The average molecular weight is 270 g/mol. The van der Waals surface area contributed by atoms with E-state index in [1.807, 2.05) is 32.0 Å². The zero-order valence-corrected chi connectivity index (χ0v) is 11.2. The van der Waals surface area contributed by atoms with Crippen molar-refractivity contribution in [1.29, 1.82) is 0 Å². The Bertz CT molecular complexity index is 643. The molecule has 0 unspecified atom stereocenters. The molecule has 0 aliphatic carbocycles. The monoisotopic (exact) mass is 270 g/mol. The van der Waals surface area contributed by atoms with Crippen LogP contribution in [0.4, 0.5) is 11.4 Å². The Hall–Kier alpha value is -2.69. The van der Waals surface area contributed by atoms with Gasteiger partial charge in [-0.15, -0.1) is 0 Å². The Morgan fingerprint density at radius 2 is 1.60 bits per heavy atom. The van der Waals surface area contributed by atoms with Crippen LogP contribution in [0, 0.1) is 24.0 Å². The summed E-state index contributed by atoms with van der Waals surface area (Å²) in [4.78, 5) is 22.3. The zero-order valence-electron chi connectivity index (χ0n) is 11.2. The van der Waals surface area contributed by atoms with Crippen LogP contribution < -0.4 is 5.32 Å². The molecule has 2 rings (SSSR count). The summed E-state index contributed by atoms with van der Waals surface area (Å²) >= 11 is 0. The summed E-state index contributed by atoms with van der Waals surface area (Å²) in [5.41, 5.74) is 2.94. The second-order valence-corrected chi connectivity index (χ2v) is 4.52. The summed E-state index contributed by atoms with van der Waals surface area (Å²) in [5.74, 6) is -0.213. The molecule has 0 aromatic heterocycles. The first-order valence-corrected chi connectivity index (χ1v) is 6.11. The average Bonchev–Trinajstić information content (AvgIpc) is 2.39. The lowest BCUT2D eigenvalue weighted by molar-refractivity contribution is -0.384. The predicted octanol–water partition coefficient (Wildman–Crippen LogP) is 3.46. The van der Waals surface area contributed by atoms with Crippen molar-refractivity contribution >= 4 is 17.3 Å². The van der Waals surface area contributed by atoms with Crippen LogP contribution in [0.3, 0.4) is 0 Å². The van der Waals surface area contributed by atoms with Crippen LogP contribution in [0.2, 0.25) is 0 Å². The Kier molecular flexibility index (Phi) is 3.79. The summed E-state index contributed by atoms with van der Waals surface area (Å²) in [6.45, 7) is 3.75. The standard InChI is InChI=1S/C15H14N2O3/c1-10-4-3-5-11(2)14(10)15(18)16-12-6-8-13(9-7-12)17(19)20/h3-9H,1-2H3,(H,16,18). The number of benzene rings is 2. The highest BCUT2D eigenvalue weighted by molar-refractivity contribution is 6.06. The van der Waals surface area contributed by atoms with Gasteiger partial charge in [-0.25, -0.2) is 0 Å². The van der Waals surface area contributed by atoms with E-state index in [0.717, 1.165) is 11.1 Å². The van der Waals surface area contributed by atoms with Crippen molar-refractivity contribution in [2.75, 3.05) is 5.32 Å². The molecule has 0 spiro atoms. The highest BCUT2D eigenvalue weighted by atomic mass is 16.6. The van der Waals surface area contributed by atoms with E-state index in [0.29, 0.717) is 11.3 Å². The maximum absolute atomic E-state index is 12.2. The molecule has 0 radical (unpaired) electrons.